The molecule has 1 aliphatic rings. The van der Waals surface area contributed by atoms with Gasteiger partial charge in [0.1, 0.15) is 11.0 Å². The van der Waals surface area contributed by atoms with Gasteiger partial charge in [-0.25, -0.2) is 12.7 Å². The lowest BCUT2D eigenvalue weighted by Gasteiger charge is -2.24. The van der Waals surface area contributed by atoms with Gasteiger partial charge in [0.2, 0.25) is 10.0 Å². The molecule has 1 aromatic rings. The number of halogens is 3. The Morgan fingerprint density at radius 2 is 1.96 bits per heavy atom. The third kappa shape index (κ3) is 3.81. The molecule has 1 N–H and O–H groups in total. The lowest BCUT2D eigenvalue weighted by Crippen LogP contribution is -2.43. The molecule has 1 fully saturated rings. The molecule has 136 valence electrons. The first-order valence-electron chi connectivity index (χ1n) is 7.29. The summed E-state index contributed by atoms with van der Waals surface area (Å²) in [5.41, 5.74) is 0.852. The van der Waals surface area contributed by atoms with Crippen LogP contribution in [0.3, 0.4) is 0 Å². The summed E-state index contributed by atoms with van der Waals surface area (Å²) in [5.74, 6) is -2.10. The minimum Gasteiger partial charge on any atom is -0.506 e. The van der Waals surface area contributed by atoms with Crippen molar-refractivity contribution < 1.29 is 26.7 Å². The van der Waals surface area contributed by atoms with Gasteiger partial charge in [0, 0.05) is 39.4 Å². The van der Waals surface area contributed by atoms with Crippen LogP contribution in [-0.2, 0) is 16.6 Å². The van der Waals surface area contributed by atoms with E-state index in [1.165, 1.54) is 25.1 Å². The number of alkyl halides is 3. The summed E-state index contributed by atoms with van der Waals surface area (Å²) in [5, 5.41) is 8.23. The Morgan fingerprint density at radius 1 is 1.33 bits per heavy atom. The van der Waals surface area contributed by atoms with Crippen LogP contribution < -0.4 is 0 Å². The zero-order valence-electron chi connectivity index (χ0n) is 13.6. The van der Waals surface area contributed by atoms with Gasteiger partial charge in [-0.05, 0) is 19.1 Å². The number of sulfonamides is 1. The number of pyridine rings is 1. The first-order chi connectivity index (χ1) is 10.9. The summed E-state index contributed by atoms with van der Waals surface area (Å²) in [6.45, 7) is 0.945. The van der Waals surface area contributed by atoms with Gasteiger partial charge in [-0.2, -0.15) is 13.2 Å². The van der Waals surface area contributed by atoms with E-state index in [2.05, 4.69) is 4.98 Å². The van der Waals surface area contributed by atoms with Crippen molar-refractivity contribution in [2.24, 2.45) is 5.92 Å². The molecule has 10 heteroatoms. The molecule has 0 amide bonds. The minimum atomic E-state index is -4.62. The van der Waals surface area contributed by atoms with Crippen molar-refractivity contribution in [3.8, 4) is 5.75 Å². The van der Waals surface area contributed by atoms with Crippen molar-refractivity contribution in [3.05, 3.63) is 23.5 Å². The molecule has 2 atom stereocenters. The standard InChI is InChI=1S/C14H20F3N3O3S/c1-9-4-5-12(21)11(18-9)7-20-6-10(14(15,16)17)13(8-20)24(22,23)19(2)3/h4-5,10,13,21H,6-8H2,1-3H3/t10-,13-/m1/s1. The summed E-state index contributed by atoms with van der Waals surface area (Å²) >= 11 is 0. The quantitative estimate of drug-likeness (QED) is 0.870. The second-order valence-electron chi connectivity index (χ2n) is 6.13. The van der Waals surface area contributed by atoms with Crippen LogP contribution in [0.2, 0.25) is 0 Å². The molecular formula is C14H20F3N3O3S. The van der Waals surface area contributed by atoms with E-state index < -0.39 is 33.9 Å². The predicted molar refractivity (Wildman–Crippen MR) is 81.9 cm³/mol. The molecule has 0 unspecified atom stereocenters. The van der Waals surface area contributed by atoms with E-state index in [1.54, 1.807) is 13.0 Å². The Bertz CT molecular complexity index is 707. The second-order valence-corrected chi connectivity index (χ2v) is 8.49. The summed E-state index contributed by atoms with van der Waals surface area (Å²) in [4.78, 5) is 5.48. The fourth-order valence-electron chi connectivity index (χ4n) is 2.80. The largest absolute Gasteiger partial charge is 0.506 e. The SMILES string of the molecule is Cc1ccc(O)c(CN2C[C@@H](C(F)(F)F)[C@H](S(=O)(=O)N(C)C)C2)n1. The highest BCUT2D eigenvalue weighted by Gasteiger charge is 2.55. The highest BCUT2D eigenvalue weighted by Crippen LogP contribution is 2.38. The number of aromatic hydroxyl groups is 1. The van der Waals surface area contributed by atoms with Crippen molar-refractivity contribution >= 4 is 10.0 Å². The van der Waals surface area contributed by atoms with Crippen molar-refractivity contribution in [1.82, 2.24) is 14.2 Å². The Balaban J connectivity index is 2.28. The number of aromatic nitrogens is 1. The number of rotatable bonds is 4. The monoisotopic (exact) mass is 367 g/mol. The maximum absolute atomic E-state index is 13.3. The Morgan fingerprint density at radius 3 is 2.50 bits per heavy atom. The molecule has 0 aromatic carbocycles. The summed E-state index contributed by atoms with van der Waals surface area (Å²) in [6, 6.07) is 3.00. The number of aryl methyl sites for hydroxylation is 1. The highest BCUT2D eigenvalue weighted by molar-refractivity contribution is 7.89. The number of hydrogen-bond donors (Lipinski definition) is 1. The van der Waals surface area contributed by atoms with Crippen LogP contribution in [-0.4, -0.2) is 66.3 Å². The molecule has 0 aliphatic carbocycles. The van der Waals surface area contributed by atoms with Gasteiger partial charge < -0.3 is 5.11 Å². The predicted octanol–water partition coefficient (Wildman–Crippen LogP) is 1.35. The second kappa shape index (κ2) is 6.49. The van der Waals surface area contributed by atoms with Crippen molar-refractivity contribution in [2.45, 2.75) is 24.9 Å². The zero-order valence-corrected chi connectivity index (χ0v) is 14.4. The van der Waals surface area contributed by atoms with Crippen LogP contribution in [0.25, 0.3) is 0 Å². The van der Waals surface area contributed by atoms with E-state index >= 15 is 0 Å². The van der Waals surface area contributed by atoms with Gasteiger partial charge in [-0.15, -0.1) is 0 Å². The molecule has 0 radical (unpaired) electrons. The average Bonchev–Trinajstić information content (AvgIpc) is 2.87. The fourth-order valence-corrected chi connectivity index (χ4v) is 4.40. The van der Waals surface area contributed by atoms with Gasteiger partial charge >= 0.3 is 6.18 Å². The van der Waals surface area contributed by atoms with Gasteiger partial charge in [0.15, 0.2) is 0 Å². The van der Waals surface area contributed by atoms with Gasteiger partial charge in [0.25, 0.3) is 0 Å². The minimum absolute atomic E-state index is 0.0421. The lowest BCUT2D eigenvalue weighted by atomic mass is 10.1. The molecule has 1 aliphatic heterocycles. The molecule has 6 nitrogen and oxygen atoms in total. The van der Waals surface area contributed by atoms with Crippen LogP contribution in [0.4, 0.5) is 13.2 Å². The molecule has 1 saturated heterocycles. The van der Waals surface area contributed by atoms with E-state index in [0.29, 0.717) is 5.69 Å². The topological polar surface area (TPSA) is 73.7 Å². The Kier molecular flexibility index (Phi) is 5.12. The van der Waals surface area contributed by atoms with E-state index in [1.807, 2.05) is 0 Å². The zero-order chi connectivity index (χ0) is 18.3. The molecule has 1 aromatic heterocycles. The molecule has 2 heterocycles. The van der Waals surface area contributed by atoms with Gasteiger partial charge in [-0.1, -0.05) is 0 Å². The number of hydrogen-bond acceptors (Lipinski definition) is 5. The smallest absolute Gasteiger partial charge is 0.394 e. The average molecular weight is 367 g/mol. The normalized spacial score (nSPS) is 23.1. The van der Waals surface area contributed by atoms with Gasteiger partial charge in [0.05, 0.1) is 11.6 Å². The highest BCUT2D eigenvalue weighted by atomic mass is 32.2. The first kappa shape index (κ1) is 18.9. The van der Waals surface area contributed by atoms with E-state index in [-0.39, 0.29) is 24.5 Å². The third-order valence-corrected chi connectivity index (χ3v) is 6.38. The maximum atomic E-state index is 13.3. The van der Waals surface area contributed by atoms with Crippen LogP contribution in [0.15, 0.2) is 12.1 Å². The van der Waals surface area contributed by atoms with Crippen LogP contribution >= 0.6 is 0 Å². The number of nitrogens with zero attached hydrogens (tertiary/aromatic N) is 3. The van der Waals surface area contributed by atoms with E-state index in [0.717, 1.165) is 4.31 Å². The lowest BCUT2D eigenvalue weighted by molar-refractivity contribution is -0.169. The number of likely N-dealkylation sites (tertiary alicyclic amines) is 1. The van der Waals surface area contributed by atoms with E-state index in [4.69, 9.17) is 0 Å². The Hall–Kier alpha value is -1.39. The first-order valence-corrected chi connectivity index (χ1v) is 8.79. The van der Waals surface area contributed by atoms with Crippen LogP contribution in [0, 0.1) is 12.8 Å². The van der Waals surface area contributed by atoms with Crippen LogP contribution in [0.5, 0.6) is 5.75 Å². The van der Waals surface area contributed by atoms with Crippen molar-refractivity contribution in [2.75, 3.05) is 27.2 Å². The molecule has 2 rings (SSSR count). The summed E-state index contributed by atoms with van der Waals surface area (Å²) in [7, 11) is -1.62. The van der Waals surface area contributed by atoms with Gasteiger partial charge in [-0.3, -0.25) is 9.88 Å². The van der Waals surface area contributed by atoms with Crippen LogP contribution in [0.1, 0.15) is 11.4 Å². The molecule has 24 heavy (non-hydrogen) atoms. The third-order valence-electron chi connectivity index (χ3n) is 4.12. The Labute approximate surface area is 139 Å². The molecule has 0 bridgehead atoms. The molecular weight excluding hydrogens is 347 g/mol. The van der Waals surface area contributed by atoms with E-state index in [9.17, 15) is 26.7 Å². The molecule has 0 spiro atoms. The molecule has 0 saturated carbocycles. The maximum Gasteiger partial charge on any atom is 0.394 e. The fraction of sp³-hybridized carbons (Fsp3) is 0.643. The summed E-state index contributed by atoms with van der Waals surface area (Å²) < 4.78 is 65.2. The van der Waals surface area contributed by atoms with Crippen molar-refractivity contribution in [1.29, 1.82) is 0 Å². The van der Waals surface area contributed by atoms with Crippen molar-refractivity contribution in [3.63, 3.8) is 0 Å². The summed E-state index contributed by atoms with van der Waals surface area (Å²) in [6.07, 6.45) is -4.62.